The molecule has 9 heteroatoms. The van der Waals surface area contributed by atoms with Gasteiger partial charge >= 0.3 is 0 Å². The Morgan fingerprint density at radius 2 is 1.97 bits per heavy atom. The van der Waals surface area contributed by atoms with Gasteiger partial charge in [-0.25, -0.2) is 9.37 Å². The smallest absolute Gasteiger partial charge is 0.277 e. The number of hydrogen-bond acceptors (Lipinski definition) is 6. The van der Waals surface area contributed by atoms with E-state index in [2.05, 4.69) is 10.3 Å². The second-order valence-corrected chi connectivity index (χ2v) is 6.81. The number of rotatable bonds is 6. The molecule has 0 bridgehead atoms. The Labute approximate surface area is 173 Å². The summed E-state index contributed by atoms with van der Waals surface area (Å²) in [6.07, 6.45) is 2.81. The average Bonchev–Trinajstić information content (AvgIpc) is 2.78. The van der Waals surface area contributed by atoms with Gasteiger partial charge in [-0.1, -0.05) is 0 Å². The van der Waals surface area contributed by atoms with E-state index in [4.69, 9.17) is 14.2 Å². The summed E-state index contributed by atoms with van der Waals surface area (Å²) in [5.41, 5.74) is 0.114. The van der Waals surface area contributed by atoms with E-state index in [1.807, 2.05) is 0 Å². The first-order valence-electron chi connectivity index (χ1n) is 9.49. The van der Waals surface area contributed by atoms with Gasteiger partial charge in [0.25, 0.3) is 11.8 Å². The highest BCUT2D eigenvalue weighted by Gasteiger charge is 2.26. The molecule has 0 aliphatic carbocycles. The Morgan fingerprint density at radius 1 is 1.23 bits per heavy atom. The van der Waals surface area contributed by atoms with E-state index in [0.717, 1.165) is 18.9 Å². The van der Waals surface area contributed by atoms with Crippen LogP contribution < -0.4 is 14.8 Å². The minimum atomic E-state index is -0.768. The third-order valence-corrected chi connectivity index (χ3v) is 5.01. The molecule has 3 rings (SSSR count). The zero-order valence-electron chi connectivity index (χ0n) is 17.1. The third-order valence-electron chi connectivity index (χ3n) is 5.01. The van der Waals surface area contributed by atoms with E-state index < -0.39 is 11.7 Å². The lowest BCUT2D eigenvalue weighted by molar-refractivity contribution is 0.0362. The summed E-state index contributed by atoms with van der Waals surface area (Å²) in [5, 5.41) is 2.57. The number of anilines is 1. The molecule has 1 N–H and O–H groups in total. The lowest BCUT2D eigenvalue weighted by Crippen LogP contribution is -2.40. The first-order chi connectivity index (χ1) is 14.5. The Morgan fingerprint density at radius 3 is 2.60 bits per heavy atom. The van der Waals surface area contributed by atoms with Crippen molar-refractivity contribution in [1.82, 2.24) is 9.88 Å². The van der Waals surface area contributed by atoms with Gasteiger partial charge in [0.15, 0.2) is 23.0 Å². The standard InChI is InChI=1S/C21H24FN3O5/c1-25(14-6-9-30-10-7-14)21(27)13-11-16(19(29-3)17(12-13)28-2)24-20(26)18-15(22)5-4-8-23-18/h4-5,8,11-12,14H,6-7,9-10H2,1-3H3,(H,24,26). The molecular weight excluding hydrogens is 393 g/mol. The van der Waals surface area contributed by atoms with Crippen molar-refractivity contribution in [2.24, 2.45) is 0 Å². The number of amides is 2. The van der Waals surface area contributed by atoms with Gasteiger partial charge in [0.05, 0.1) is 19.9 Å². The number of carbonyl (C=O) groups is 2. The lowest BCUT2D eigenvalue weighted by Gasteiger charge is -2.31. The van der Waals surface area contributed by atoms with E-state index in [1.54, 1.807) is 18.0 Å². The van der Waals surface area contributed by atoms with E-state index in [1.165, 1.54) is 32.5 Å². The molecule has 1 aromatic carbocycles. The topological polar surface area (TPSA) is 90.0 Å². The molecule has 0 radical (unpaired) electrons. The van der Waals surface area contributed by atoms with Crippen molar-refractivity contribution in [2.75, 3.05) is 39.8 Å². The quantitative estimate of drug-likeness (QED) is 0.777. The molecule has 2 heterocycles. The van der Waals surface area contributed by atoms with Crippen LogP contribution in [0.25, 0.3) is 0 Å². The molecule has 2 amide bonds. The molecule has 2 aromatic rings. The fraction of sp³-hybridized carbons (Fsp3) is 0.381. The van der Waals surface area contributed by atoms with Crippen molar-refractivity contribution in [3.05, 3.63) is 47.5 Å². The van der Waals surface area contributed by atoms with Gasteiger partial charge < -0.3 is 24.4 Å². The summed E-state index contributed by atoms with van der Waals surface area (Å²) in [6.45, 7) is 1.20. The number of benzene rings is 1. The molecule has 1 aliphatic heterocycles. The number of ether oxygens (including phenoxy) is 3. The van der Waals surface area contributed by atoms with E-state index >= 15 is 0 Å². The van der Waals surface area contributed by atoms with Crippen LogP contribution in [-0.4, -0.2) is 62.2 Å². The largest absolute Gasteiger partial charge is 0.493 e. The summed E-state index contributed by atoms with van der Waals surface area (Å²) in [6, 6.07) is 5.62. The molecule has 1 fully saturated rings. The third kappa shape index (κ3) is 4.51. The van der Waals surface area contributed by atoms with Crippen molar-refractivity contribution in [2.45, 2.75) is 18.9 Å². The van der Waals surface area contributed by atoms with Crippen LogP contribution in [0.1, 0.15) is 33.7 Å². The van der Waals surface area contributed by atoms with Gasteiger partial charge in [-0.05, 0) is 37.1 Å². The number of nitrogens with one attached hydrogen (secondary N) is 1. The Hall–Kier alpha value is -3.20. The predicted molar refractivity (Wildman–Crippen MR) is 108 cm³/mol. The fourth-order valence-corrected chi connectivity index (χ4v) is 3.36. The van der Waals surface area contributed by atoms with E-state index in [0.29, 0.717) is 18.8 Å². The second-order valence-electron chi connectivity index (χ2n) is 6.81. The van der Waals surface area contributed by atoms with Crippen molar-refractivity contribution in [3.63, 3.8) is 0 Å². The van der Waals surface area contributed by atoms with Crippen LogP contribution in [0.2, 0.25) is 0 Å². The molecule has 1 aromatic heterocycles. The maximum absolute atomic E-state index is 13.9. The molecule has 0 atom stereocenters. The van der Waals surface area contributed by atoms with Crippen LogP contribution in [-0.2, 0) is 4.74 Å². The van der Waals surface area contributed by atoms with Crippen LogP contribution in [0.4, 0.5) is 10.1 Å². The zero-order valence-corrected chi connectivity index (χ0v) is 17.1. The Bertz CT molecular complexity index is 931. The van der Waals surface area contributed by atoms with E-state index in [-0.39, 0.29) is 34.8 Å². The number of carbonyl (C=O) groups excluding carboxylic acids is 2. The number of hydrogen-bond donors (Lipinski definition) is 1. The summed E-state index contributed by atoms with van der Waals surface area (Å²) in [5.74, 6) is -1.28. The SMILES string of the molecule is COc1cc(C(=O)N(C)C2CCOCC2)cc(NC(=O)c2ncccc2F)c1OC. The van der Waals surface area contributed by atoms with E-state index in [9.17, 15) is 14.0 Å². The normalized spacial score (nSPS) is 14.1. The number of aromatic nitrogens is 1. The maximum Gasteiger partial charge on any atom is 0.277 e. The monoisotopic (exact) mass is 417 g/mol. The van der Waals surface area contributed by atoms with Crippen LogP contribution in [0.3, 0.4) is 0 Å². The van der Waals surface area contributed by atoms with Crippen LogP contribution in [0, 0.1) is 5.82 Å². The molecule has 1 aliphatic rings. The predicted octanol–water partition coefficient (Wildman–Crippen LogP) is 2.74. The van der Waals surface area contributed by atoms with Crippen LogP contribution >= 0.6 is 0 Å². The molecule has 0 spiro atoms. The summed E-state index contributed by atoms with van der Waals surface area (Å²) < 4.78 is 30.0. The van der Waals surface area contributed by atoms with Gasteiger partial charge in [0.1, 0.15) is 0 Å². The van der Waals surface area contributed by atoms with Crippen molar-refractivity contribution < 1.29 is 28.2 Å². The van der Waals surface area contributed by atoms with Gasteiger partial charge in [-0.3, -0.25) is 9.59 Å². The molecule has 8 nitrogen and oxygen atoms in total. The highest BCUT2D eigenvalue weighted by atomic mass is 19.1. The highest BCUT2D eigenvalue weighted by molar-refractivity contribution is 6.05. The van der Waals surface area contributed by atoms with Gasteiger partial charge in [-0.15, -0.1) is 0 Å². The Kier molecular flexibility index (Phi) is 6.83. The van der Waals surface area contributed by atoms with Crippen LogP contribution in [0.15, 0.2) is 30.5 Å². The number of methoxy groups -OCH3 is 2. The number of nitrogens with zero attached hydrogens (tertiary/aromatic N) is 2. The molecule has 1 saturated heterocycles. The van der Waals surface area contributed by atoms with Crippen molar-refractivity contribution >= 4 is 17.5 Å². The first kappa shape index (κ1) is 21.5. The number of halogens is 1. The van der Waals surface area contributed by atoms with Gasteiger partial charge in [-0.2, -0.15) is 0 Å². The van der Waals surface area contributed by atoms with Gasteiger partial charge in [0.2, 0.25) is 0 Å². The lowest BCUT2D eigenvalue weighted by atomic mass is 10.1. The maximum atomic E-state index is 13.9. The zero-order chi connectivity index (χ0) is 21.7. The second kappa shape index (κ2) is 9.53. The summed E-state index contributed by atoms with van der Waals surface area (Å²) in [4.78, 5) is 31.1. The fourth-order valence-electron chi connectivity index (χ4n) is 3.36. The molecular formula is C21H24FN3O5. The minimum Gasteiger partial charge on any atom is -0.493 e. The Balaban J connectivity index is 1.93. The van der Waals surface area contributed by atoms with Crippen molar-refractivity contribution in [3.8, 4) is 11.5 Å². The molecule has 0 saturated carbocycles. The molecule has 160 valence electrons. The highest BCUT2D eigenvalue weighted by Crippen LogP contribution is 2.37. The van der Waals surface area contributed by atoms with Crippen LogP contribution in [0.5, 0.6) is 11.5 Å². The minimum absolute atomic E-state index is 0.0556. The summed E-state index contributed by atoms with van der Waals surface area (Å²) >= 11 is 0. The van der Waals surface area contributed by atoms with Gasteiger partial charge in [0, 0.05) is 38.1 Å². The number of pyridine rings is 1. The molecule has 30 heavy (non-hydrogen) atoms. The first-order valence-corrected chi connectivity index (χ1v) is 9.49. The average molecular weight is 417 g/mol. The summed E-state index contributed by atoms with van der Waals surface area (Å²) in [7, 11) is 4.57. The molecule has 0 unspecified atom stereocenters. The van der Waals surface area contributed by atoms with Crippen molar-refractivity contribution in [1.29, 1.82) is 0 Å².